The molecule has 3 N–H and O–H groups in total. The third kappa shape index (κ3) is 1.32. The van der Waals surface area contributed by atoms with Gasteiger partial charge in [-0.05, 0) is 22.0 Å². The molecule has 1 aromatic heterocycles. The predicted molar refractivity (Wildman–Crippen MR) is 38.0 cm³/mol. The summed E-state index contributed by atoms with van der Waals surface area (Å²) in [4.78, 5) is 3.41. The molecule has 0 atom stereocenters. The van der Waals surface area contributed by atoms with E-state index >= 15 is 0 Å². The molecule has 9 heavy (non-hydrogen) atoms. The second-order valence-electron chi connectivity index (χ2n) is 1.40. The summed E-state index contributed by atoms with van der Waals surface area (Å²) in [6.45, 7) is 0. The zero-order valence-electron chi connectivity index (χ0n) is 6.35. The Morgan fingerprint density at radius 1 is 1.89 bits per heavy atom. The predicted octanol–water partition coefficient (Wildman–Crippen LogP) is 1.13. The van der Waals surface area contributed by atoms with Crippen molar-refractivity contribution in [1.29, 1.82) is 0 Å². The van der Waals surface area contributed by atoms with Crippen molar-refractivity contribution in [3.63, 3.8) is 0 Å². The third-order valence-electron chi connectivity index (χ3n) is 0.728. The molecule has 0 bridgehead atoms. The first-order chi connectivity index (χ1) is 5.04. The molecule has 0 saturated heterocycles. The number of aromatic nitrogens is 1. The number of nitrogens with two attached hydrogens (primary N) is 1. The van der Waals surface area contributed by atoms with Gasteiger partial charge in [0.15, 0.2) is 0 Å². The highest BCUT2D eigenvalue weighted by Crippen LogP contribution is 2.22. The summed E-state index contributed by atoms with van der Waals surface area (Å²) in [5, 5.41) is 9.04. The smallest absolute Gasteiger partial charge is 0.148 e. The lowest BCUT2D eigenvalue weighted by Gasteiger charge is -1.94. The highest BCUT2D eigenvalue weighted by Gasteiger charge is 1.95. The Kier molecular flexibility index (Phi) is 1.02. The van der Waals surface area contributed by atoms with Crippen molar-refractivity contribution in [2.45, 2.75) is 0 Å². The largest absolute Gasteiger partial charge is 0.505 e. The van der Waals surface area contributed by atoms with Crippen molar-refractivity contribution in [3.05, 3.63) is 16.7 Å². The summed E-state index contributed by atoms with van der Waals surface area (Å²) in [6, 6.07) is -0.0986. The van der Waals surface area contributed by atoms with Crippen molar-refractivity contribution in [2.24, 2.45) is 0 Å². The van der Waals surface area contributed by atoms with Crippen LogP contribution in [0.3, 0.4) is 0 Å². The maximum Gasteiger partial charge on any atom is 0.148 e. The lowest BCUT2D eigenvalue weighted by molar-refractivity contribution is 0.469. The Morgan fingerprint density at radius 3 is 3.22 bits per heavy atom. The topological polar surface area (TPSA) is 59.1 Å². The van der Waals surface area contributed by atoms with E-state index in [2.05, 4.69) is 20.9 Å². The summed E-state index contributed by atoms with van der Waals surface area (Å²) in [6.07, 6.45) is -0.328. The minimum Gasteiger partial charge on any atom is -0.505 e. The van der Waals surface area contributed by atoms with Crippen LogP contribution in [0.2, 0.25) is 0 Å². The summed E-state index contributed by atoms with van der Waals surface area (Å²) >= 11 is 2.90. The van der Waals surface area contributed by atoms with Gasteiger partial charge in [0.2, 0.25) is 0 Å². The second kappa shape index (κ2) is 2.23. The van der Waals surface area contributed by atoms with E-state index < -0.39 is 0 Å². The number of anilines is 1. The van der Waals surface area contributed by atoms with Crippen LogP contribution in [0.4, 0.5) is 5.82 Å². The summed E-state index contributed by atoms with van der Waals surface area (Å²) in [5.41, 5.74) is 5.23. The van der Waals surface area contributed by atoms with Crippen LogP contribution in [0, 0.1) is 0 Å². The number of rotatable bonds is 0. The van der Waals surface area contributed by atoms with Crippen LogP contribution >= 0.6 is 15.9 Å². The molecule has 1 aromatic rings. The molecule has 0 aliphatic heterocycles. The molecule has 0 saturated carbocycles. The maximum atomic E-state index is 9.04. The molecule has 0 fully saturated rings. The van der Waals surface area contributed by atoms with Crippen molar-refractivity contribution >= 4 is 21.7 Å². The van der Waals surface area contributed by atoms with Crippen LogP contribution < -0.4 is 5.73 Å². The molecular formula is C5H5BrN2O. The highest BCUT2D eigenvalue weighted by molar-refractivity contribution is 9.10. The van der Waals surface area contributed by atoms with Gasteiger partial charge in [0.1, 0.15) is 11.6 Å². The Balaban J connectivity index is 3.46. The van der Waals surface area contributed by atoms with E-state index in [-0.39, 0.29) is 28.3 Å². The number of nitrogens with zero attached hydrogens (tertiary/aromatic N) is 1. The average molecular weight is 191 g/mol. The number of hydrogen-bond acceptors (Lipinski definition) is 3. The summed E-state index contributed by atoms with van der Waals surface area (Å²) in [5.74, 6) is -0.427. The number of halogens is 1. The van der Waals surface area contributed by atoms with Crippen LogP contribution in [-0.2, 0) is 0 Å². The van der Waals surface area contributed by atoms with Crippen LogP contribution in [0.1, 0.15) is 2.74 Å². The molecule has 0 aliphatic rings. The quantitative estimate of drug-likeness (QED) is 0.646. The zero-order valence-corrected chi connectivity index (χ0v) is 5.94. The standard InChI is InChI=1S/C5H5BrN2O/c6-3-1-5(7)8-2-4(3)9/h1-2,9H,(H2,7,8)/i1D,2D. The molecule has 0 aliphatic carbocycles. The number of nitrogen functional groups attached to an aromatic ring is 1. The van der Waals surface area contributed by atoms with Crippen LogP contribution in [0.25, 0.3) is 0 Å². The van der Waals surface area contributed by atoms with E-state index in [1.54, 1.807) is 0 Å². The molecule has 0 radical (unpaired) electrons. The fourth-order valence-electron chi connectivity index (χ4n) is 0.362. The normalized spacial score (nSPS) is 12.6. The van der Waals surface area contributed by atoms with E-state index in [1.807, 2.05) is 0 Å². The molecule has 0 amide bonds. The monoisotopic (exact) mass is 190 g/mol. The summed E-state index contributed by atoms with van der Waals surface area (Å²) < 4.78 is 14.4. The van der Waals surface area contributed by atoms with Crippen LogP contribution in [-0.4, -0.2) is 10.1 Å². The van der Waals surface area contributed by atoms with Crippen molar-refractivity contribution < 1.29 is 7.85 Å². The Hall–Kier alpha value is -0.770. The number of aromatic hydroxyl groups is 1. The van der Waals surface area contributed by atoms with E-state index in [0.29, 0.717) is 0 Å². The van der Waals surface area contributed by atoms with Gasteiger partial charge in [-0.2, -0.15) is 0 Å². The van der Waals surface area contributed by atoms with Crippen molar-refractivity contribution in [1.82, 2.24) is 4.98 Å². The van der Waals surface area contributed by atoms with Crippen LogP contribution in [0.15, 0.2) is 16.7 Å². The van der Waals surface area contributed by atoms with E-state index in [1.165, 1.54) is 0 Å². The molecule has 48 valence electrons. The molecule has 1 heterocycles. The molecule has 3 nitrogen and oxygen atoms in total. The first kappa shape index (κ1) is 4.11. The van der Waals surface area contributed by atoms with E-state index in [0.717, 1.165) is 0 Å². The third-order valence-corrected chi connectivity index (χ3v) is 1.30. The SMILES string of the molecule is [2H]c1nc(N)c([2H])c(Br)c1O. The van der Waals surface area contributed by atoms with E-state index in [4.69, 9.17) is 13.6 Å². The second-order valence-corrected chi connectivity index (χ2v) is 2.19. The fraction of sp³-hybridized carbons (Fsp3) is 0. The van der Waals surface area contributed by atoms with Gasteiger partial charge in [0, 0.05) is 0 Å². The molecule has 1 rings (SSSR count). The Morgan fingerprint density at radius 2 is 2.56 bits per heavy atom. The minimum absolute atomic E-state index is 0.0697. The first-order valence-electron chi connectivity index (χ1n) is 3.15. The van der Waals surface area contributed by atoms with Crippen LogP contribution in [0.5, 0.6) is 5.75 Å². The molecule has 0 aromatic carbocycles. The van der Waals surface area contributed by atoms with Gasteiger partial charge in [0.05, 0.1) is 13.4 Å². The summed E-state index contributed by atoms with van der Waals surface area (Å²) in [7, 11) is 0. The van der Waals surface area contributed by atoms with Gasteiger partial charge in [-0.25, -0.2) is 4.98 Å². The highest BCUT2D eigenvalue weighted by atomic mass is 79.9. The maximum absolute atomic E-state index is 9.04. The van der Waals surface area contributed by atoms with Crippen molar-refractivity contribution in [3.8, 4) is 5.75 Å². The minimum atomic E-state index is -0.357. The number of pyridine rings is 1. The van der Waals surface area contributed by atoms with Gasteiger partial charge in [-0.1, -0.05) is 0 Å². The van der Waals surface area contributed by atoms with Crippen molar-refractivity contribution in [2.75, 3.05) is 5.73 Å². The van der Waals surface area contributed by atoms with E-state index in [9.17, 15) is 0 Å². The first-order valence-corrected chi connectivity index (χ1v) is 2.94. The average Bonchev–Trinajstić information content (AvgIpc) is 1.97. The van der Waals surface area contributed by atoms with Gasteiger partial charge in [-0.3, -0.25) is 0 Å². The lowest BCUT2D eigenvalue weighted by Crippen LogP contribution is -1.87. The molecule has 0 spiro atoms. The zero-order chi connectivity index (χ0) is 8.59. The molecule has 4 heteroatoms. The van der Waals surface area contributed by atoms with Gasteiger partial charge < -0.3 is 10.8 Å². The lowest BCUT2D eigenvalue weighted by atomic mass is 10.4. The van der Waals surface area contributed by atoms with Gasteiger partial charge in [0.25, 0.3) is 0 Å². The Bertz CT molecular complexity index is 279. The van der Waals surface area contributed by atoms with Gasteiger partial charge in [-0.15, -0.1) is 0 Å². The van der Waals surface area contributed by atoms with Gasteiger partial charge >= 0.3 is 0 Å². The molecular weight excluding hydrogens is 184 g/mol. The fourth-order valence-corrected chi connectivity index (χ4v) is 0.654. The Labute approximate surface area is 63.5 Å². The molecule has 0 unspecified atom stereocenters. The number of hydrogen-bond donors (Lipinski definition) is 2.